The van der Waals surface area contributed by atoms with Crippen molar-refractivity contribution in [2.75, 3.05) is 0 Å². The van der Waals surface area contributed by atoms with Gasteiger partial charge in [0, 0.05) is 17.5 Å². The molecule has 1 aromatic heterocycles. The van der Waals surface area contributed by atoms with Gasteiger partial charge < -0.3 is 0 Å². The summed E-state index contributed by atoms with van der Waals surface area (Å²) in [6.45, 7) is 0. The van der Waals surface area contributed by atoms with E-state index in [0.717, 1.165) is 28.7 Å². The number of carbonyl (C=O) groups is 1. The number of Topliss-reactive ketones (excluding diaryl/α,β-unsaturated/α-hetero) is 1. The number of fused-ring (bicyclic) bond motifs is 5. The van der Waals surface area contributed by atoms with E-state index in [2.05, 4.69) is 4.98 Å². The van der Waals surface area contributed by atoms with Crippen LogP contribution in [0.4, 0.5) is 0 Å². The Kier molecular flexibility index (Phi) is 1.84. The fraction of sp³-hybridized carbons (Fsp3) is 0.692. The second-order valence-corrected chi connectivity index (χ2v) is 6.56. The zero-order chi connectivity index (χ0) is 10.7. The lowest BCUT2D eigenvalue weighted by Gasteiger charge is -2.06. The number of hydrogen-bond donors (Lipinski definition) is 0. The highest BCUT2D eigenvalue weighted by Gasteiger charge is 2.66. The molecule has 4 atom stereocenters. The van der Waals surface area contributed by atoms with Crippen molar-refractivity contribution in [1.82, 2.24) is 4.98 Å². The monoisotopic (exact) mass is 233 g/mol. The molecule has 0 aromatic carbocycles. The van der Waals surface area contributed by atoms with Gasteiger partial charge >= 0.3 is 0 Å². The fourth-order valence-electron chi connectivity index (χ4n) is 4.36. The molecule has 0 aliphatic heterocycles. The van der Waals surface area contributed by atoms with Gasteiger partial charge in [-0.25, -0.2) is 4.98 Å². The van der Waals surface area contributed by atoms with E-state index in [4.69, 9.17) is 0 Å². The zero-order valence-corrected chi connectivity index (χ0v) is 9.95. The molecule has 0 amide bonds. The molecular formula is C13H15NOS. The van der Waals surface area contributed by atoms with Gasteiger partial charge in [-0.2, -0.15) is 0 Å². The third kappa shape index (κ3) is 1.18. The van der Waals surface area contributed by atoms with E-state index in [1.807, 2.05) is 5.38 Å². The molecule has 4 unspecified atom stereocenters. The molecule has 2 nitrogen and oxygen atoms in total. The third-order valence-corrected chi connectivity index (χ3v) is 5.70. The molecule has 3 saturated carbocycles. The summed E-state index contributed by atoms with van der Waals surface area (Å²) in [6, 6.07) is 0. The Morgan fingerprint density at radius 3 is 2.75 bits per heavy atom. The molecule has 1 aromatic rings. The predicted octanol–water partition coefficient (Wildman–Crippen LogP) is 2.55. The van der Waals surface area contributed by atoms with Crippen LogP contribution in [0.1, 0.15) is 24.3 Å². The van der Waals surface area contributed by atoms with Crippen LogP contribution >= 0.6 is 11.3 Å². The van der Waals surface area contributed by atoms with E-state index < -0.39 is 0 Å². The maximum Gasteiger partial charge on any atom is 0.143 e. The lowest BCUT2D eigenvalue weighted by atomic mass is 9.99. The molecule has 3 aliphatic rings. The molecule has 4 rings (SSSR count). The quantitative estimate of drug-likeness (QED) is 0.803. The van der Waals surface area contributed by atoms with Gasteiger partial charge in [-0.1, -0.05) is 0 Å². The van der Waals surface area contributed by atoms with Crippen molar-refractivity contribution in [3.8, 4) is 0 Å². The number of nitrogens with zero attached hydrogens (tertiary/aromatic N) is 1. The van der Waals surface area contributed by atoms with Crippen LogP contribution in [0.2, 0.25) is 0 Å². The molecule has 16 heavy (non-hydrogen) atoms. The predicted molar refractivity (Wildman–Crippen MR) is 62.1 cm³/mol. The van der Waals surface area contributed by atoms with E-state index in [9.17, 15) is 4.79 Å². The smallest absolute Gasteiger partial charge is 0.143 e. The Morgan fingerprint density at radius 2 is 2.12 bits per heavy atom. The lowest BCUT2D eigenvalue weighted by Crippen LogP contribution is -2.12. The minimum absolute atomic E-state index is 0.426. The molecule has 0 spiro atoms. The van der Waals surface area contributed by atoms with Crippen molar-refractivity contribution < 1.29 is 4.79 Å². The first-order valence-corrected chi connectivity index (χ1v) is 7.13. The standard InChI is InChI=1S/C13H15NOS/c15-9(6-10-14-3-4-16-10)13-11-7-1-2-8(5-7)12(11)13/h3-4,7-8,11-13H,1-2,5-6H2. The van der Waals surface area contributed by atoms with E-state index in [-0.39, 0.29) is 0 Å². The van der Waals surface area contributed by atoms with E-state index in [0.29, 0.717) is 18.1 Å². The van der Waals surface area contributed by atoms with Gasteiger partial charge in [-0.05, 0) is 42.9 Å². The van der Waals surface area contributed by atoms with E-state index in [1.165, 1.54) is 19.3 Å². The first-order valence-electron chi connectivity index (χ1n) is 6.25. The van der Waals surface area contributed by atoms with Crippen molar-refractivity contribution >= 4 is 17.1 Å². The molecule has 0 radical (unpaired) electrons. The van der Waals surface area contributed by atoms with Crippen LogP contribution in [0.5, 0.6) is 0 Å². The largest absolute Gasteiger partial charge is 0.299 e. The van der Waals surface area contributed by atoms with Crippen LogP contribution in [-0.2, 0) is 11.2 Å². The summed E-state index contributed by atoms with van der Waals surface area (Å²) in [5, 5.41) is 2.96. The minimum atomic E-state index is 0.426. The minimum Gasteiger partial charge on any atom is -0.299 e. The summed E-state index contributed by atoms with van der Waals surface area (Å²) in [5.41, 5.74) is 0. The first-order chi connectivity index (χ1) is 7.84. The highest BCUT2D eigenvalue weighted by molar-refractivity contribution is 7.09. The molecule has 3 aliphatic carbocycles. The fourth-order valence-corrected chi connectivity index (χ4v) is 4.99. The molecular weight excluding hydrogens is 218 g/mol. The van der Waals surface area contributed by atoms with Crippen LogP contribution in [0.15, 0.2) is 11.6 Å². The Bertz CT molecular complexity index is 411. The number of thiazole rings is 1. The summed E-state index contributed by atoms with van der Waals surface area (Å²) in [6.07, 6.45) is 6.61. The number of rotatable bonds is 3. The van der Waals surface area contributed by atoms with Gasteiger partial charge in [0.1, 0.15) is 5.78 Å². The highest BCUT2D eigenvalue weighted by atomic mass is 32.1. The second kappa shape index (κ2) is 3.16. The summed E-state index contributed by atoms with van der Waals surface area (Å²) in [4.78, 5) is 16.4. The Morgan fingerprint density at radius 1 is 1.38 bits per heavy atom. The molecule has 2 bridgehead atoms. The van der Waals surface area contributed by atoms with E-state index >= 15 is 0 Å². The zero-order valence-electron chi connectivity index (χ0n) is 9.13. The summed E-state index contributed by atoms with van der Waals surface area (Å²) in [7, 11) is 0. The summed E-state index contributed by atoms with van der Waals surface area (Å²) >= 11 is 1.61. The van der Waals surface area contributed by atoms with Gasteiger partial charge in [-0.3, -0.25) is 4.79 Å². The van der Waals surface area contributed by atoms with Crippen molar-refractivity contribution in [2.45, 2.75) is 25.7 Å². The van der Waals surface area contributed by atoms with Gasteiger partial charge in [0.05, 0.1) is 11.4 Å². The number of aromatic nitrogens is 1. The van der Waals surface area contributed by atoms with Crippen LogP contribution in [0.25, 0.3) is 0 Å². The summed E-state index contributed by atoms with van der Waals surface area (Å²) in [5.74, 6) is 4.27. The van der Waals surface area contributed by atoms with Crippen LogP contribution in [0.3, 0.4) is 0 Å². The maximum absolute atomic E-state index is 12.2. The third-order valence-electron chi connectivity index (χ3n) is 4.92. The van der Waals surface area contributed by atoms with Crippen molar-refractivity contribution in [1.29, 1.82) is 0 Å². The number of ketones is 1. The highest BCUT2D eigenvalue weighted by Crippen LogP contribution is 2.69. The number of carbonyl (C=O) groups excluding carboxylic acids is 1. The molecule has 0 N–H and O–H groups in total. The molecule has 3 heteroatoms. The first kappa shape index (κ1) is 9.34. The maximum atomic E-state index is 12.2. The molecule has 1 heterocycles. The Labute approximate surface area is 99.1 Å². The van der Waals surface area contributed by atoms with Crippen molar-refractivity contribution in [3.63, 3.8) is 0 Å². The lowest BCUT2D eigenvalue weighted by molar-refractivity contribution is -0.120. The SMILES string of the molecule is O=C(Cc1nccs1)C1C2C3CCC(C3)C12. The van der Waals surface area contributed by atoms with Crippen molar-refractivity contribution in [2.24, 2.45) is 29.6 Å². The van der Waals surface area contributed by atoms with Crippen LogP contribution in [-0.4, -0.2) is 10.8 Å². The topological polar surface area (TPSA) is 30.0 Å². The van der Waals surface area contributed by atoms with Gasteiger partial charge in [0.25, 0.3) is 0 Å². The van der Waals surface area contributed by atoms with Gasteiger partial charge in [0.2, 0.25) is 0 Å². The van der Waals surface area contributed by atoms with E-state index in [1.54, 1.807) is 17.5 Å². The number of hydrogen-bond acceptors (Lipinski definition) is 3. The average Bonchev–Trinajstić information content (AvgIpc) is 2.73. The molecule has 84 valence electrons. The normalized spacial score (nSPS) is 43.4. The molecule has 3 fully saturated rings. The Balaban J connectivity index is 1.47. The average molecular weight is 233 g/mol. The van der Waals surface area contributed by atoms with Crippen LogP contribution < -0.4 is 0 Å². The van der Waals surface area contributed by atoms with Crippen molar-refractivity contribution in [3.05, 3.63) is 16.6 Å². The molecule has 0 saturated heterocycles. The summed E-state index contributed by atoms with van der Waals surface area (Å²) < 4.78 is 0. The van der Waals surface area contributed by atoms with Gasteiger partial charge in [-0.15, -0.1) is 11.3 Å². The van der Waals surface area contributed by atoms with Gasteiger partial charge in [0.15, 0.2) is 0 Å². The van der Waals surface area contributed by atoms with Crippen LogP contribution in [0, 0.1) is 29.6 Å². The Hall–Kier alpha value is -0.700. The second-order valence-electron chi connectivity index (χ2n) is 5.58.